The number of rotatable bonds is 3. The first kappa shape index (κ1) is 15.8. The molecule has 3 aromatic rings. The van der Waals surface area contributed by atoms with Gasteiger partial charge in [-0.05, 0) is 36.8 Å². The molecule has 0 unspecified atom stereocenters. The van der Waals surface area contributed by atoms with Gasteiger partial charge in [0.1, 0.15) is 23.4 Å². The van der Waals surface area contributed by atoms with Gasteiger partial charge in [-0.3, -0.25) is 0 Å². The Morgan fingerprint density at radius 3 is 2.38 bits per heavy atom. The van der Waals surface area contributed by atoms with Gasteiger partial charge in [0, 0.05) is 10.9 Å². The summed E-state index contributed by atoms with van der Waals surface area (Å²) < 4.78 is 10.8. The monoisotopic (exact) mass is 318 g/mol. The zero-order valence-corrected chi connectivity index (χ0v) is 14.0. The molecule has 0 N–H and O–H groups in total. The molecule has 0 saturated carbocycles. The molecular formula is C20H18N2O2. The van der Waals surface area contributed by atoms with Crippen LogP contribution in [0, 0.1) is 11.8 Å². The fourth-order valence-corrected chi connectivity index (χ4v) is 2.58. The van der Waals surface area contributed by atoms with Crippen LogP contribution in [-0.2, 0) is 6.42 Å². The van der Waals surface area contributed by atoms with E-state index in [2.05, 4.69) is 28.7 Å². The van der Waals surface area contributed by atoms with Crippen molar-refractivity contribution in [3.63, 3.8) is 0 Å². The van der Waals surface area contributed by atoms with Crippen molar-refractivity contribution in [3.8, 4) is 23.3 Å². The van der Waals surface area contributed by atoms with Crippen LogP contribution in [0.5, 0.6) is 11.5 Å². The van der Waals surface area contributed by atoms with E-state index >= 15 is 0 Å². The van der Waals surface area contributed by atoms with E-state index < -0.39 is 0 Å². The van der Waals surface area contributed by atoms with Gasteiger partial charge in [0.15, 0.2) is 0 Å². The molecule has 0 saturated heterocycles. The summed E-state index contributed by atoms with van der Waals surface area (Å²) in [5, 5.41) is 1.04. The van der Waals surface area contributed by atoms with Crippen LogP contribution in [0.25, 0.3) is 10.9 Å². The maximum Gasteiger partial charge on any atom is 0.138 e. The highest BCUT2D eigenvalue weighted by atomic mass is 16.5. The molecule has 0 amide bonds. The maximum atomic E-state index is 5.38. The van der Waals surface area contributed by atoms with Crippen LogP contribution in [0.1, 0.15) is 23.7 Å². The molecule has 0 fully saturated rings. The zero-order chi connectivity index (χ0) is 16.9. The van der Waals surface area contributed by atoms with Crippen molar-refractivity contribution in [1.82, 2.24) is 9.97 Å². The quantitative estimate of drug-likeness (QED) is 0.692. The summed E-state index contributed by atoms with van der Waals surface area (Å²) >= 11 is 0. The molecule has 0 aliphatic carbocycles. The average molecular weight is 318 g/mol. The lowest BCUT2D eigenvalue weighted by molar-refractivity contribution is 0.392. The first-order valence-corrected chi connectivity index (χ1v) is 7.73. The first-order chi connectivity index (χ1) is 11.8. The van der Waals surface area contributed by atoms with E-state index in [4.69, 9.17) is 9.47 Å². The Kier molecular flexibility index (Phi) is 4.62. The van der Waals surface area contributed by atoms with Gasteiger partial charge in [-0.1, -0.05) is 24.8 Å². The number of benzene rings is 2. The number of aromatic nitrogens is 2. The Morgan fingerprint density at radius 2 is 1.71 bits per heavy atom. The maximum absolute atomic E-state index is 5.38. The molecular weight excluding hydrogens is 300 g/mol. The molecule has 1 aromatic heterocycles. The number of aryl methyl sites for hydroxylation is 1. The van der Waals surface area contributed by atoms with E-state index in [9.17, 15) is 0 Å². The van der Waals surface area contributed by atoms with Gasteiger partial charge in [0.2, 0.25) is 0 Å². The Bertz CT molecular complexity index is 917. The van der Waals surface area contributed by atoms with E-state index in [1.165, 1.54) is 0 Å². The van der Waals surface area contributed by atoms with Gasteiger partial charge in [-0.2, -0.15) is 0 Å². The van der Waals surface area contributed by atoms with Crippen LogP contribution < -0.4 is 9.47 Å². The number of hydrogen-bond acceptors (Lipinski definition) is 4. The van der Waals surface area contributed by atoms with Crippen LogP contribution >= 0.6 is 0 Å². The zero-order valence-electron chi connectivity index (χ0n) is 14.0. The third-order valence-corrected chi connectivity index (χ3v) is 3.81. The molecule has 1 heterocycles. The Morgan fingerprint density at radius 1 is 0.958 bits per heavy atom. The van der Waals surface area contributed by atoms with Crippen molar-refractivity contribution in [3.05, 3.63) is 59.5 Å². The molecule has 24 heavy (non-hydrogen) atoms. The Hall–Kier alpha value is -3.06. The second-order valence-electron chi connectivity index (χ2n) is 5.19. The van der Waals surface area contributed by atoms with E-state index in [-0.39, 0.29) is 0 Å². The Labute approximate surface area is 141 Å². The van der Waals surface area contributed by atoms with E-state index in [1.54, 1.807) is 20.5 Å². The molecule has 0 bridgehead atoms. The molecule has 4 nitrogen and oxygen atoms in total. The summed E-state index contributed by atoms with van der Waals surface area (Å²) in [7, 11) is 3.25. The normalized spacial score (nSPS) is 10.1. The molecule has 0 spiro atoms. The van der Waals surface area contributed by atoms with Gasteiger partial charge in [0.25, 0.3) is 0 Å². The number of nitrogens with zero attached hydrogens (tertiary/aromatic N) is 2. The van der Waals surface area contributed by atoms with E-state index in [0.717, 1.165) is 34.1 Å². The van der Waals surface area contributed by atoms with Crippen molar-refractivity contribution < 1.29 is 9.47 Å². The van der Waals surface area contributed by atoms with Crippen LogP contribution in [-0.4, -0.2) is 24.2 Å². The van der Waals surface area contributed by atoms with Crippen molar-refractivity contribution in [2.75, 3.05) is 14.2 Å². The van der Waals surface area contributed by atoms with Crippen LogP contribution in [0.3, 0.4) is 0 Å². The molecule has 0 atom stereocenters. The number of fused-ring (bicyclic) bond motifs is 1. The summed E-state index contributed by atoms with van der Waals surface area (Å²) in [4.78, 5) is 8.64. The Balaban J connectivity index is 2.08. The lowest BCUT2D eigenvalue weighted by atomic mass is 10.1. The minimum absolute atomic E-state index is 0.695. The van der Waals surface area contributed by atoms with E-state index in [0.29, 0.717) is 11.5 Å². The first-order valence-electron chi connectivity index (χ1n) is 7.73. The van der Waals surface area contributed by atoms with E-state index in [1.807, 2.05) is 36.4 Å². The van der Waals surface area contributed by atoms with Crippen molar-refractivity contribution >= 4 is 10.9 Å². The van der Waals surface area contributed by atoms with Crippen molar-refractivity contribution in [2.45, 2.75) is 13.3 Å². The van der Waals surface area contributed by atoms with Crippen LogP contribution in [0.4, 0.5) is 0 Å². The highest BCUT2D eigenvalue weighted by Crippen LogP contribution is 2.27. The molecule has 0 radical (unpaired) electrons. The minimum atomic E-state index is 0.695. The third kappa shape index (κ3) is 3.02. The lowest BCUT2D eigenvalue weighted by Crippen LogP contribution is -1.93. The predicted molar refractivity (Wildman–Crippen MR) is 94.4 cm³/mol. The summed E-state index contributed by atoms with van der Waals surface area (Å²) in [5.41, 5.74) is 3.60. The summed E-state index contributed by atoms with van der Waals surface area (Å²) in [6.07, 6.45) is 2.46. The molecule has 3 rings (SSSR count). The topological polar surface area (TPSA) is 44.2 Å². The summed E-state index contributed by atoms with van der Waals surface area (Å²) in [6, 6.07) is 11.6. The SMILES string of the molecule is CCc1ncnc2ccc(C#Cc3c(OC)cccc3OC)cc12. The largest absolute Gasteiger partial charge is 0.495 e. The molecule has 0 aliphatic rings. The third-order valence-electron chi connectivity index (χ3n) is 3.81. The van der Waals surface area contributed by atoms with Crippen LogP contribution in [0.2, 0.25) is 0 Å². The highest BCUT2D eigenvalue weighted by molar-refractivity contribution is 5.82. The van der Waals surface area contributed by atoms with Gasteiger partial charge >= 0.3 is 0 Å². The van der Waals surface area contributed by atoms with Crippen molar-refractivity contribution in [2.24, 2.45) is 0 Å². The minimum Gasteiger partial charge on any atom is -0.495 e. The number of hydrogen-bond donors (Lipinski definition) is 0. The van der Waals surface area contributed by atoms with Crippen molar-refractivity contribution in [1.29, 1.82) is 0 Å². The molecule has 0 aliphatic heterocycles. The smallest absolute Gasteiger partial charge is 0.138 e. The predicted octanol–water partition coefficient (Wildman–Crippen LogP) is 3.61. The fraction of sp³-hybridized carbons (Fsp3) is 0.200. The van der Waals surface area contributed by atoms with Gasteiger partial charge in [-0.15, -0.1) is 0 Å². The average Bonchev–Trinajstić information content (AvgIpc) is 2.65. The van der Waals surface area contributed by atoms with Gasteiger partial charge < -0.3 is 9.47 Å². The summed E-state index contributed by atoms with van der Waals surface area (Å²) in [6.45, 7) is 2.08. The van der Waals surface area contributed by atoms with Crippen LogP contribution in [0.15, 0.2) is 42.7 Å². The molecule has 2 aromatic carbocycles. The van der Waals surface area contributed by atoms with Gasteiger partial charge in [-0.25, -0.2) is 9.97 Å². The summed E-state index contributed by atoms with van der Waals surface area (Å²) in [5.74, 6) is 7.74. The second-order valence-corrected chi connectivity index (χ2v) is 5.19. The fourth-order valence-electron chi connectivity index (χ4n) is 2.58. The standard InChI is InChI=1S/C20H18N2O2/c1-4-17-16-12-14(9-11-18(16)22-13-21-17)8-10-15-19(23-2)6-5-7-20(15)24-3/h5-7,9,11-13H,4H2,1-3H3. The highest BCUT2D eigenvalue weighted by Gasteiger charge is 2.07. The second kappa shape index (κ2) is 7.01. The lowest BCUT2D eigenvalue weighted by Gasteiger charge is -2.07. The van der Waals surface area contributed by atoms with Gasteiger partial charge in [0.05, 0.1) is 25.4 Å². The molecule has 120 valence electrons. The molecule has 4 heteroatoms. The number of methoxy groups -OCH3 is 2. The number of ether oxygens (including phenoxy) is 2.